The second-order valence-corrected chi connectivity index (χ2v) is 3.34. The molecule has 60 valence electrons. The Morgan fingerprint density at radius 3 is 2.60 bits per heavy atom. The number of hydrogen-bond donors (Lipinski definition) is 3. The average molecular weight is 144 g/mol. The van der Waals surface area contributed by atoms with Gasteiger partial charge in [0.2, 0.25) is 0 Å². The molecule has 3 atom stereocenters. The van der Waals surface area contributed by atoms with Gasteiger partial charge < -0.3 is 16.6 Å². The maximum atomic E-state index is 9.51. The monoisotopic (exact) mass is 144 g/mol. The van der Waals surface area contributed by atoms with Gasteiger partial charge in [-0.3, -0.25) is 0 Å². The average Bonchev–Trinajstić information content (AvgIpc) is 1.83. The largest absolute Gasteiger partial charge is 0.376 e. The lowest BCUT2D eigenvalue weighted by molar-refractivity contribution is -0.0436. The van der Waals surface area contributed by atoms with Gasteiger partial charge in [0.15, 0.2) is 0 Å². The van der Waals surface area contributed by atoms with Crippen molar-refractivity contribution in [3.05, 3.63) is 0 Å². The van der Waals surface area contributed by atoms with Gasteiger partial charge in [-0.25, -0.2) is 0 Å². The van der Waals surface area contributed by atoms with E-state index in [4.69, 9.17) is 11.5 Å². The molecular formula is C7H16N2O. The fourth-order valence-corrected chi connectivity index (χ4v) is 1.47. The van der Waals surface area contributed by atoms with Crippen LogP contribution < -0.4 is 11.5 Å². The third-order valence-corrected chi connectivity index (χ3v) is 2.55. The Hall–Kier alpha value is -0.120. The standard InChI is InChI=1S/C7H16N2O/c1-5-6(8)3-2-4-7(5,9)10/h5-6,10H,2-4,8-9H2,1H3. The molecule has 0 amide bonds. The van der Waals surface area contributed by atoms with Crippen LogP contribution in [0, 0.1) is 5.92 Å². The zero-order valence-corrected chi connectivity index (χ0v) is 6.38. The van der Waals surface area contributed by atoms with Gasteiger partial charge in [0, 0.05) is 12.0 Å². The lowest BCUT2D eigenvalue weighted by Crippen LogP contribution is -2.55. The summed E-state index contributed by atoms with van der Waals surface area (Å²) in [6, 6.07) is 0.0729. The van der Waals surface area contributed by atoms with E-state index < -0.39 is 5.72 Å². The lowest BCUT2D eigenvalue weighted by Gasteiger charge is -2.38. The Bertz CT molecular complexity index is 125. The molecule has 0 aliphatic heterocycles. The molecule has 0 aromatic rings. The van der Waals surface area contributed by atoms with Crippen LogP contribution in [0.1, 0.15) is 26.2 Å². The molecule has 0 aromatic carbocycles. The van der Waals surface area contributed by atoms with Crippen LogP contribution in [0.3, 0.4) is 0 Å². The molecule has 1 aliphatic rings. The molecule has 0 aromatic heterocycles. The second-order valence-electron chi connectivity index (χ2n) is 3.34. The first-order valence-electron chi connectivity index (χ1n) is 3.81. The number of rotatable bonds is 0. The van der Waals surface area contributed by atoms with Gasteiger partial charge in [-0.2, -0.15) is 0 Å². The van der Waals surface area contributed by atoms with E-state index in [0.29, 0.717) is 6.42 Å². The Morgan fingerprint density at radius 2 is 2.20 bits per heavy atom. The summed E-state index contributed by atoms with van der Waals surface area (Å²) in [6.45, 7) is 1.91. The molecule has 3 heteroatoms. The molecule has 3 unspecified atom stereocenters. The van der Waals surface area contributed by atoms with Crippen LogP contribution in [0.25, 0.3) is 0 Å². The van der Waals surface area contributed by atoms with E-state index in [-0.39, 0.29) is 12.0 Å². The van der Waals surface area contributed by atoms with Crippen LogP contribution in [-0.4, -0.2) is 16.9 Å². The van der Waals surface area contributed by atoms with Crippen LogP contribution >= 0.6 is 0 Å². The molecule has 5 N–H and O–H groups in total. The van der Waals surface area contributed by atoms with E-state index in [0.717, 1.165) is 12.8 Å². The molecule has 0 spiro atoms. The van der Waals surface area contributed by atoms with E-state index in [1.165, 1.54) is 0 Å². The van der Waals surface area contributed by atoms with Gasteiger partial charge in [-0.05, 0) is 19.3 Å². The first kappa shape index (κ1) is 7.98. The first-order valence-corrected chi connectivity index (χ1v) is 3.81. The number of hydrogen-bond acceptors (Lipinski definition) is 3. The third kappa shape index (κ3) is 1.31. The maximum absolute atomic E-state index is 9.51. The summed E-state index contributed by atoms with van der Waals surface area (Å²) >= 11 is 0. The molecule has 10 heavy (non-hydrogen) atoms. The van der Waals surface area contributed by atoms with Crippen molar-refractivity contribution in [3.8, 4) is 0 Å². The summed E-state index contributed by atoms with van der Waals surface area (Å²) < 4.78 is 0. The molecule has 3 nitrogen and oxygen atoms in total. The summed E-state index contributed by atoms with van der Waals surface area (Å²) in [6.07, 6.45) is 2.61. The van der Waals surface area contributed by atoms with Crippen molar-refractivity contribution in [1.29, 1.82) is 0 Å². The van der Waals surface area contributed by atoms with E-state index >= 15 is 0 Å². The van der Waals surface area contributed by atoms with E-state index in [1.807, 2.05) is 6.92 Å². The Labute approximate surface area is 61.4 Å². The van der Waals surface area contributed by atoms with Gasteiger partial charge >= 0.3 is 0 Å². The van der Waals surface area contributed by atoms with Crippen LogP contribution in [0.4, 0.5) is 0 Å². The van der Waals surface area contributed by atoms with E-state index in [1.54, 1.807) is 0 Å². The predicted octanol–water partition coefficient (Wildman–Crippen LogP) is -0.219. The van der Waals surface area contributed by atoms with Crippen molar-refractivity contribution in [1.82, 2.24) is 0 Å². The van der Waals surface area contributed by atoms with E-state index in [2.05, 4.69) is 0 Å². The molecule has 0 saturated heterocycles. The minimum Gasteiger partial charge on any atom is -0.376 e. The first-order chi connectivity index (χ1) is 4.54. The Balaban J connectivity index is 2.60. The molecule has 1 aliphatic carbocycles. The second kappa shape index (κ2) is 2.49. The van der Waals surface area contributed by atoms with Crippen molar-refractivity contribution in [2.24, 2.45) is 17.4 Å². The molecule has 0 radical (unpaired) electrons. The molecule has 1 rings (SSSR count). The van der Waals surface area contributed by atoms with Crippen LogP contribution in [0.5, 0.6) is 0 Å². The minimum atomic E-state index is -1.02. The van der Waals surface area contributed by atoms with Gasteiger partial charge in [0.05, 0.1) is 0 Å². The smallest absolute Gasteiger partial charge is 0.117 e. The van der Waals surface area contributed by atoms with Gasteiger partial charge in [-0.15, -0.1) is 0 Å². The minimum absolute atomic E-state index is 0.0289. The molecule has 1 fully saturated rings. The highest BCUT2D eigenvalue weighted by Crippen LogP contribution is 2.28. The lowest BCUT2D eigenvalue weighted by atomic mass is 9.80. The third-order valence-electron chi connectivity index (χ3n) is 2.55. The Morgan fingerprint density at radius 1 is 1.60 bits per heavy atom. The fourth-order valence-electron chi connectivity index (χ4n) is 1.47. The zero-order chi connectivity index (χ0) is 7.78. The topological polar surface area (TPSA) is 72.3 Å². The van der Waals surface area contributed by atoms with Gasteiger partial charge in [0.25, 0.3) is 0 Å². The van der Waals surface area contributed by atoms with Crippen LogP contribution in [0.2, 0.25) is 0 Å². The summed E-state index contributed by atoms with van der Waals surface area (Å²) in [4.78, 5) is 0. The highest BCUT2D eigenvalue weighted by molar-refractivity contribution is 4.89. The van der Waals surface area contributed by atoms with Gasteiger partial charge in [0.1, 0.15) is 5.72 Å². The number of aliphatic hydroxyl groups is 1. The SMILES string of the molecule is CC1C(N)CCCC1(N)O. The molecular weight excluding hydrogens is 128 g/mol. The molecule has 0 bridgehead atoms. The van der Waals surface area contributed by atoms with Crippen molar-refractivity contribution in [2.45, 2.75) is 38.0 Å². The van der Waals surface area contributed by atoms with Crippen molar-refractivity contribution < 1.29 is 5.11 Å². The molecule has 1 saturated carbocycles. The maximum Gasteiger partial charge on any atom is 0.117 e. The van der Waals surface area contributed by atoms with Crippen molar-refractivity contribution in [3.63, 3.8) is 0 Å². The highest BCUT2D eigenvalue weighted by atomic mass is 16.3. The normalized spacial score (nSPS) is 49.2. The quantitative estimate of drug-likeness (QED) is 0.412. The summed E-state index contributed by atoms with van der Waals surface area (Å²) in [5.74, 6) is 0.0289. The fraction of sp³-hybridized carbons (Fsp3) is 1.00. The Kier molecular flexibility index (Phi) is 1.99. The van der Waals surface area contributed by atoms with E-state index in [9.17, 15) is 5.11 Å². The van der Waals surface area contributed by atoms with Crippen LogP contribution in [0.15, 0.2) is 0 Å². The van der Waals surface area contributed by atoms with Crippen molar-refractivity contribution >= 4 is 0 Å². The number of nitrogens with two attached hydrogens (primary N) is 2. The highest BCUT2D eigenvalue weighted by Gasteiger charge is 2.36. The summed E-state index contributed by atoms with van der Waals surface area (Å²) in [5, 5.41) is 9.51. The summed E-state index contributed by atoms with van der Waals surface area (Å²) in [5.41, 5.74) is 10.3. The summed E-state index contributed by atoms with van der Waals surface area (Å²) in [7, 11) is 0. The van der Waals surface area contributed by atoms with Crippen molar-refractivity contribution in [2.75, 3.05) is 0 Å². The molecule has 0 heterocycles. The zero-order valence-electron chi connectivity index (χ0n) is 6.38. The van der Waals surface area contributed by atoms with Crippen LogP contribution in [-0.2, 0) is 0 Å². The van der Waals surface area contributed by atoms with Gasteiger partial charge in [-0.1, -0.05) is 6.92 Å². The predicted molar refractivity (Wildman–Crippen MR) is 40.1 cm³/mol.